The van der Waals surface area contributed by atoms with Gasteiger partial charge in [-0.25, -0.2) is 0 Å². The minimum atomic E-state index is -0.0211. The molecule has 1 aromatic carbocycles. The predicted molar refractivity (Wildman–Crippen MR) is 68.2 cm³/mol. The first kappa shape index (κ1) is 13.5. The second-order valence-corrected chi connectivity index (χ2v) is 4.08. The summed E-state index contributed by atoms with van der Waals surface area (Å²) in [5.74, 6) is 0.830. The average Bonchev–Trinajstić information content (AvgIpc) is 2.35. The number of hydrogen-bond acceptors (Lipinski definition) is 3. The third kappa shape index (κ3) is 5.36. The van der Waals surface area contributed by atoms with Crippen molar-refractivity contribution in [2.75, 3.05) is 20.2 Å². The van der Waals surface area contributed by atoms with E-state index >= 15 is 0 Å². The molecular formula is C13H20N2O2. The number of hydrogen-bond donors (Lipinski definition) is 2. The van der Waals surface area contributed by atoms with Crippen LogP contribution < -0.4 is 15.4 Å². The molecule has 17 heavy (non-hydrogen) atoms. The summed E-state index contributed by atoms with van der Waals surface area (Å²) in [6, 6.07) is 8.05. The second-order valence-electron chi connectivity index (χ2n) is 4.08. The number of carbonyl (C=O) groups excluding carboxylic acids is 1. The molecule has 0 saturated carbocycles. The third-order valence-electron chi connectivity index (χ3n) is 2.41. The summed E-state index contributed by atoms with van der Waals surface area (Å²) in [5, 5.41) is 5.64. The Balaban J connectivity index is 2.25. The zero-order chi connectivity index (χ0) is 12.7. The summed E-state index contributed by atoms with van der Waals surface area (Å²) in [7, 11) is 1.62. The first-order valence-corrected chi connectivity index (χ1v) is 5.75. The average molecular weight is 236 g/mol. The fraction of sp³-hybridized carbons (Fsp3) is 0.462. The first-order valence-electron chi connectivity index (χ1n) is 5.75. The van der Waals surface area contributed by atoms with Gasteiger partial charge in [-0.3, -0.25) is 4.79 Å². The fourth-order valence-corrected chi connectivity index (χ4v) is 1.27. The molecule has 0 aliphatic carbocycles. The number of rotatable bonds is 6. The Kier molecular flexibility index (Phi) is 5.49. The Bertz CT molecular complexity index is 349. The maximum absolute atomic E-state index is 11.0. The molecule has 0 aromatic heterocycles. The van der Waals surface area contributed by atoms with Crippen LogP contribution in [0.2, 0.25) is 0 Å². The van der Waals surface area contributed by atoms with Gasteiger partial charge >= 0.3 is 0 Å². The second kappa shape index (κ2) is 6.91. The van der Waals surface area contributed by atoms with Crippen LogP contribution in [0.25, 0.3) is 0 Å². The summed E-state index contributed by atoms with van der Waals surface area (Å²) < 4.78 is 5.59. The van der Waals surface area contributed by atoms with Crippen LogP contribution in [-0.2, 0) is 4.79 Å². The predicted octanol–water partition coefficient (Wildman–Crippen LogP) is 1.10. The Hall–Kier alpha value is -1.55. The Morgan fingerprint density at radius 1 is 1.35 bits per heavy atom. The van der Waals surface area contributed by atoms with Gasteiger partial charge in [0.2, 0.25) is 5.91 Å². The van der Waals surface area contributed by atoms with E-state index in [0.717, 1.165) is 5.75 Å². The molecule has 0 saturated heterocycles. The highest BCUT2D eigenvalue weighted by Crippen LogP contribution is 2.11. The van der Waals surface area contributed by atoms with E-state index in [1.165, 1.54) is 5.56 Å². The number of aryl methyl sites for hydroxylation is 1. The minimum absolute atomic E-state index is 0.0211. The highest BCUT2D eigenvalue weighted by molar-refractivity contribution is 5.77. The molecule has 0 radical (unpaired) electrons. The van der Waals surface area contributed by atoms with Gasteiger partial charge < -0.3 is 15.4 Å². The molecule has 4 nitrogen and oxygen atoms in total. The quantitative estimate of drug-likeness (QED) is 0.777. The molecule has 1 aromatic rings. The number of likely N-dealkylation sites (N-methyl/N-ethyl adjacent to an activating group) is 1. The third-order valence-corrected chi connectivity index (χ3v) is 2.41. The van der Waals surface area contributed by atoms with Crippen LogP contribution in [0.5, 0.6) is 5.75 Å². The maximum atomic E-state index is 11.0. The van der Waals surface area contributed by atoms with Crippen molar-refractivity contribution in [3.8, 4) is 5.75 Å². The van der Waals surface area contributed by atoms with Gasteiger partial charge in [0, 0.05) is 13.1 Å². The van der Waals surface area contributed by atoms with Crippen LogP contribution >= 0.6 is 0 Å². The lowest BCUT2D eigenvalue weighted by molar-refractivity contribution is -0.119. The smallest absolute Gasteiger partial charge is 0.233 e. The molecule has 1 amide bonds. The monoisotopic (exact) mass is 236 g/mol. The number of amides is 1. The van der Waals surface area contributed by atoms with Crippen molar-refractivity contribution in [2.45, 2.75) is 19.9 Å². The van der Waals surface area contributed by atoms with E-state index in [0.29, 0.717) is 13.2 Å². The molecule has 0 spiro atoms. The summed E-state index contributed by atoms with van der Waals surface area (Å²) in [6.07, 6.45) is 0. The molecule has 94 valence electrons. The van der Waals surface area contributed by atoms with E-state index in [9.17, 15) is 4.79 Å². The highest BCUT2D eigenvalue weighted by Gasteiger charge is 2.04. The molecular weight excluding hydrogens is 216 g/mol. The van der Waals surface area contributed by atoms with Gasteiger partial charge in [0.1, 0.15) is 12.4 Å². The Labute approximate surface area is 102 Å². The molecule has 0 aliphatic rings. The van der Waals surface area contributed by atoms with E-state index in [2.05, 4.69) is 10.6 Å². The lowest BCUT2D eigenvalue weighted by atomic mass is 10.2. The van der Waals surface area contributed by atoms with E-state index < -0.39 is 0 Å². The summed E-state index contributed by atoms with van der Waals surface area (Å²) >= 11 is 0. The van der Waals surface area contributed by atoms with E-state index in [1.54, 1.807) is 7.05 Å². The standard InChI is InChI=1S/C13H20N2O2/c1-10-4-6-12(7-5-10)17-9-11(2)15-8-13(16)14-3/h4-7,11,15H,8-9H2,1-3H3,(H,14,16). The van der Waals surface area contributed by atoms with Gasteiger partial charge in [0.25, 0.3) is 0 Å². The van der Waals surface area contributed by atoms with Crippen LogP contribution in [0.3, 0.4) is 0 Å². The topological polar surface area (TPSA) is 50.4 Å². The first-order chi connectivity index (χ1) is 8.11. The zero-order valence-corrected chi connectivity index (χ0v) is 10.6. The molecule has 0 bridgehead atoms. The number of carbonyl (C=O) groups is 1. The molecule has 2 N–H and O–H groups in total. The lowest BCUT2D eigenvalue weighted by Crippen LogP contribution is -2.39. The van der Waals surface area contributed by atoms with Crippen LogP contribution in [-0.4, -0.2) is 32.1 Å². The van der Waals surface area contributed by atoms with E-state index in [-0.39, 0.29) is 11.9 Å². The zero-order valence-electron chi connectivity index (χ0n) is 10.6. The van der Waals surface area contributed by atoms with E-state index in [4.69, 9.17) is 4.74 Å². The van der Waals surface area contributed by atoms with Crippen molar-refractivity contribution < 1.29 is 9.53 Å². The SMILES string of the molecule is CNC(=O)CNC(C)COc1ccc(C)cc1. The normalized spacial score (nSPS) is 11.9. The van der Waals surface area contributed by atoms with E-state index in [1.807, 2.05) is 38.1 Å². The summed E-state index contributed by atoms with van der Waals surface area (Å²) in [4.78, 5) is 11.0. The summed E-state index contributed by atoms with van der Waals surface area (Å²) in [5.41, 5.74) is 1.21. The van der Waals surface area contributed by atoms with Crippen LogP contribution in [0, 0.1) is 6.92 Å². The largest absolute Gasteiger partial charge is 0.492 e. The summed E-state index contributed by atoms with van der Waals surface area (Å²) in [6.45, 7) is 4.88. The molecule has 1 atom stereocenters. The molecule has 0 heterocycles. The van der Waals surface area contributed by atoms with Gasteiger partial charge in [-0.15, -0.1) is 0 Å². The van der Waals surface area contributed by atoms with Crippen LogP contribution in [0.4, 0.5) is 0 Å². The van der Waals surface area contributed by atoms with Crippen molar-refractivity contribution >= 4 is 5.91 Å². The lowest BCUT2D eigenvalue weighted by Gasteiger charge is -2.14. The minimum Gasteiger partial charge on any atom is -0.492 e. The van der Waals surface area contributed by atoms with Crippen molar-refractivity contribution in [1.29, 1.82) is 0 Å². The Morgan fingerprint density at radius 2 is 2.00 bits per heavy atom. The molecule has 1 rings (SSSR count). The van der Waals surface area contributed by atoms with Gasteiger partial charge in [-0.1, -0.05) is 17.7 Å². The van der Waals surface area contributed by atoms with Crippen molar-refractivity contribution in [3.63, 3.8) is 0 Å². The van der Waals surface area contributed by atoms with Crippen molar-refractivity contribution in [2.24, 2.45) is 0 Å². The van der Waals surface area contributed by atoms with Crippen LogP contribution in [0.1, 0.15) is 12.5 Å². The van der Waals surface area contributed by atoms with Crippen LogP contribution in [0.15, 0.2) is 24.3 Å². The van der Waals surface area contributed by atoms with Gasteiger partial charge in [0.05, 0.1) is 6.54 Å². The van der Waals surface area contributed by atoms with Gasteiger partial charge in [0.15, 0.2) is 0 Å². The molecule has 0 fully saturated rings. The maximum Gasteiger partial charge on any atom is 0.233 e. The molecule has 1 unspecified atom stereocenters. The number of benzene rings is 1. The van der Waals surface area contributed by atoms with Crippen molar-refractivity contribution in [1.82, 2.24) is 10.6 Å². The molecule has 4 heteroatoms. The van der Waals surface area contributed by atoms with Crippen molar-refractivity contribution in [3.05, 3.63) is 29.8 Å². The number of nitrogens with one attached hydrogen (secondary N) is 2. The number of ether oxygens (including phenoxy) is 1. The fourth-order valence-electron chi connectivity index (χ4n) is 1.27. The Morgan fingerprint density at radius 3 is 2.59 bits per heavy atom. The van der Waals surface area contributed by atoms with Gasteiger partial charge in [-0.2, -0.15) is 0 Å². The molecule has 0 aliphatic heterocycles. The van der Waals surface area contributed by atoms with Gasteiger partial charge in [-0.05, 0) is 26.0 Å². The highest BCUT2D eigenvalue weighted by atomic mass is 16.5.